The smallest absolute Gasteiger partial charge is 0.339 e. The van der Waals surface area contributed by atoms with Gasteiger partial charge >= 0.3 is 5.97 Å². The van der Waals surface area contributed by atoms with Crippen LogP contribution in [0.5, 0.6) is 0 Å². The Morgan fingerprint density at radius 3 is 2.06 bits per heavy atom. The van der Waals surface area contributed by atoms with Crippen molar-refractivity contribution >= 4 is 17.0 Å². The van der Waals surface area contributed by atoms with E-state index in [9.17, 15) is 14.1 Å². The zero-order valence-electron chi connectivity index (χ0n) is 19.6. The Morgan fingerprint density at radius 1 is 1.00 bits per heavy atom. The number of nitrogens with one attached hydrogen (secondary N) is 1. The second-order valence-corrected chi connectivity index (χ2v) is 12.2. The number of ether oxygens (including phenoxy) is 6. The van der Waals surface area contributed by atoms with Crippen LogP contribution in [0, 0.1) is 0 Å². The molecule has 3 heterocycles. The van der Waals surface area contributed by atoms with Crippen LogP contribution < -0.4 is 4.72 Å². The molecule has 0 unspecified atom stereocenters. The highest BCUT2D eigenvalue weighted by Crippen LogP contribution is 2.45. The van der Waals surface area contributed by atoms with Crippen molar-refractivity contribution in [3.63, 3.8) is 0 Å². The van der Waals surface area contributed by atoms with Gasteiger partial charge in [-0.15, -0.1) is 0 Å². The molecule has 0 amide bonds. The number of carbonyl (C=O) groups is 1. The van der Waals surface area contributed by atoms with Crippen LogP contribution in [0.15, 0.2) is 0 Å². The maximum atomic E-state index is 13.0. The van der Waals surface area contributed by atoms with Gasteiger partial charge in [-0.3, -0.25) is 0 Å². The quantitative estimate of drug-likeness (QED) is 0.566. The first kappa shape index (κ1) is 25.0. The third kappa shape index (κ3) is 4.84. The summed E-state index contributed by atoms with van der Waals surface area (Å²) in [7, 11) is -0.478. The van der Waals surface area contributed by atoms with Crippen molar-refractivity contribution in [1.82, 2.24) is 4.72 Å². The lowest BCUT2D eigenvalue weighted by Crippen LogP contribution is -2.69. The molecule has 8 atom stereocenters. The van der Waals surface area contributed by atoms with Gasteiger partial charge in [0, 0.05) is 0 Å². The molecule has 2 N–H and O–H groups in total. The second kappa shape index (κ2) is 7.98. The summed E-state index contributed by atoms with van der Waals surface area (Å²) >= 11 is 0. The molecular formula is C20H35NO9S. The summed E-state index contributed by atoms with van der Waals surface area (Å²) in [5.41, 5.74) is -2.09. The first-order chi connectivity index (χ1) is 14.0. The van der Waals surface area contributed by atoms with Crippen molar-refractivity contribution in [2.75, 3.05) is 7.11 Å². The van der Waals surface area contributed by atoms with E-state index >= 15 is 0 Å². The largest absolute Gasteiger partial charge is 0.467 e. The van der Waals surface area contributed by atoms with Gasteiger partial charge in [0.05, 0.1) is 28.9 Å². The molecular weight excluding hydrogens is 430 g/mol. The Kier molecular flexibility index (Phi) is 6.43. The number of rotatable bonds is 5. The van der Waals surface area contributed by atoms with Crippen molar-refractivity contribution in [3.8, 4) is 0 Å². The third-order valence-electron chi connectivity index (χ3n) is 5.51. The van der Waals surface area contributed by atoms with Crippen LogP contribution in [0.25, 0.3) is 0 Å². The Hall–Kier alpha value is -0.660. The summed E-state index contributed by atoms with van der Waals surface area (Å²) in [5.74, 6) is -2.79. The summed E-state index contributed by atoms with van der Waals surface area (Å²) in [6, 6.07) is -1.17. The summed E-state index contributed by atoms with van der Waals surface area (Å²) in [6.07, 6.45) is -3.71. The number of methoxy groups -OCH3 is 1. The minimum Gasteiger partial charge on any atom is -0.467 e. The maximum Gasteiger partial charge on any atom is 0.339 e. The van der Waals surface area contributed by atoms with E-state index in [1.54, 1.807) is 48.5 Å². The SMILES string of the molecule is COC(=O)[C@](C)(O)[C@H](N[S@@](=O)C(C)(C)C)[C@H]1O[C@@H]2OC(C)(C)O[C@@H]2[C@H]2OC(C)(C)O[C@H]21. The van der Waals surface area contributed by atoms with Crippen LogP contribution in [0.2, 0.25) is 0 Å². The van der Waals surface area contributed by atoms with E-state index in [-0.39, 0.29) is 0 Å². The maximum absolute atomic E-state index is 13.0. The summed E-state index contributed by atoms with van der Waals surface area (Å²) in [6.45, 7) is 13.6. The predicted molar refractivity (Wildman–Crippen MR) is 110 cm³/mol. The monoisotopic (exact) mass is 465 g/mol. The minimum absolute atomic E-state index is 0.574. The molecule has 3 rings (SSSR count). The summed E-state index contributed by atoms with van der Waals surface area (Å²) < 4.78 is 50.3. The molecule has 3 aliphatic heterocycles. The Morgan fingerprint density at radius 2 is 1.52 bits per heavy atom. The van der Waals surface area contributed by atoms with Gasteiger partial charge < -0.3 is 33.5 Å². The normalized spacial score (nSPS) is 37.9. The topological polar surface area (TPSA) is 122 Å². The Bertz CT molecular complexity index is 733. The number of aliphatic hydroxyl groups is 1. The lowest BCUT2D eigenvalue weighted by molar-refractivity contribution is -0.249. The molecule has 11 heteroatoms. The van der Waals surface area contributed by atoms with Crippen molar-refractivity contribution in [2.45, 2.75) is 114 Å². The van der Waals surface area contributed by atoms with Gasteiger partial charge in [-0.05, 0) is 55.4 Å². The number of hydrogen-bond acceptors (Lipinski definition) is 9. The number of fused-ring (bicyclic) bond motifs is 3. The van der Waals surface area contributed by atoms with Crippen LogP contribution >= 0.6 is 0 Å². The highest BCUT2D eigenvalue weighted by atomic mass is 32.2. The molecule has 0 aromatic rings. The molecule has 3 fully saturated rings. The van der Waals surface area contributed by atoms with Gasteiger partial charge in [0.25, 0.3) is 0 Å². The fourth-order valence-electron chi connectivity index (χ4n) is 4.04. The first-order valence-electron chi connectivity index (χ1n) is 10.3. The molecule has 0 radical (unpaired) electrons. The zero-order valence-corrected chi connectivity index (χ0v) is 20.4. The van der Waals surface area contributed by atoms with Gasteiger partial charge in [0.1, 0.15) is 24.4 Å². The lowest BCUT2D eigenvalue weighted by Gasteiger charge is -2.44. The van der Waals surface area contributed by atoms with Crippen LogP contribution in [0.3, 0.4) is 0 Å². The van der Waals surface area contributed by atoms with Gasteiger partial charge in [-0.25, -0.2) is 13.7 Å². The number of hydrogen-bond donors (Lipinski definition) is 2. The van der Waals surface area contributed by atoms with Crippen molar-refractivity contribution in [1.29, 1.82) is 0 Å². The molecule has 0 aliphatic carbocycles. The predicted octanol–water partition coefficient (Wildman–Crippen LogP) is 0.727. The average Bonchev–Trinajstić information content (AvgIpc) is 3.10. The van der Waals surface area contributed by atoms with Crippen molar-refractivity contribution in [3.05, 3.63) is 0 Å². The minimum atomic E-state index is -2.09. The van der Waals surface area contributed by atoms with E-state index < -0.39 is 75.6 Å². The van der Waals surface area contributed by atoms with Gasteiger partial charge in [0.2, 0.25) is 0 Å². The van der Waals surface area contributed by atoms with Crippen LogP contribution in [0.4, 0.5) is 0 Å². The highest BCUT2D eigenvalue weighted by molar-refractivity contribution is 7.84. The average molecular weight is 466 g/mol. The molecule has 10 nitrogen and oxygen atoms in total. The molecule has 0 spiro atoms. The molecule has 0 saturated carbocycles. The fourth-order valence-corrected chi connectivity index (χ4v) is 4.99. The third-order valence-corrected chi connectivity index (χ3v) is 7.09. The fraction of sp³-hybridized carbons (Fsp3) is 0.950. The van der Waals surface area contributed by atoms with Crippen molar-refractivity contribution in [2.24, 2.45) is 0 Å². The van der Waals surface area contributed by atoms with E-state index in [2.05, 4.69) is 4.72 Å². The van der Waals surface area contributed by atoms with Crippen molar-refractivity contribution < 1.29 is 42.5 Å². The molecule has 0 aromatic heterocycles. The van der Waals surface area contributed by atoms with Crippen LogP contribution in [0.1, 0.15) is 55.4 Å². The second-order valence-electron chi connectivity index (χ2n) is 10.2. The molecule has 0 bridgehead atoms. The number of esters is 1. The zero-order chi connectivity index (χ0) is 23.6. The Labute approximate surface area is 185 Å². The van der Waals surface area contributed by atoms with E-state index in [0.717, 1.165) is 0 Å². The molecule has 0 aromatic carbocycles. The molecule has 3 aliphatic rings. The molecule has 180 valence electrons. The molecule has 31 heavy (non-hydrogen) atoms. The van der Waals surface area contributed by atoms with Gasteiger partial charge in [0.15, 0.2) is 23.5 Å². The summed E-state index contributed by atoms with van der Waals surface area (Å²) in [4.78, 5) is 12.5. The summed E-state index contributed by atoms with van der Waals surface area (Å²) in [5, 5.41) is 11.2. The first-order valence-corrected chi connectivity index (χ1v) is 11.5. The Balaban J connectivity index is 2.02. The highest BCUT2D eigenvalue weighted by Gasteiger charge is 2.64. The van der Waals surface area contributed by atoms with Crippen LogP contribution in [-0.2, 0) is 44.2 Å². The van der Waals surface area contributed by atoms with E-state index in [4.69, 9.17) is 28.4 Å². The standard InChI is InChI=1S/C20H35NO9S/c1-17(2,3)31(24)21-14(20(8,23)16(22)25-9)12-10-11(28-18(4,5)27-10)13-15(26-12)30-19(6,7)29-13/h10-15,21,23H,1-9H3/t10-,11+,12+,13-,14-,15-,20-,31+/m1/s1. The lowest BCUT2D eigenvalue weighted by atomic mass is 9.85. The molecule has 3 saturated heterocycles. The number of carbonyl (C=O) groups excluding carboxylic acids is 1. The van der Waals surface area contributed by atoms with E-state index in [0.29, 0.717) is 0 Å². The van der Waals surface area contributed by atoms with Gasteiger partial charge in [-0.1, -0.05) is 0 Å². The van der Waals surface area contributed by atoms with E-state index in [1.807, 2.05) is 0 Å². The van der Waals surface area contributed by atoms with Gasteiger partial charge in [-0.2, -0.15) is 0 Å². The van der Waals surface area contributed by atoms with Crippen LogP contribution in [-0.4, -0.2) is 81.1 Å². The van der Waals surface area contributed by atoms with E-state index in [1.165, 1.54) is 14.0 Å².